The number of fused-ring (bicyclic) bond motifs is 1. The smallest absolute Gasteiger partial charge is 0.262 e. The minimum Gasteiger partial charge on any atom is -0.353 e. The predicted molar refractivity (Wildman–Crippen MR) is 113 cm³/mol. The van der Waals surface area contributed by atoms with Gasteiger partial charge in [-0.25, -0.2) is 8.42 Å². The molecule has 1 aromatic carbocycles. The highest BCUT2D eigenvalue weighted by atomic mass is 32.2. The number of aromatic nitrogens is 1. The van der Waals surface area contributed by atoms with Crippen LogP contribution in [-0.4, -0.2) is 49.1 Å². The maximum Gasteiger partial charge on any atom is 0.262 e. The Hall–Kier alpha value is -3.37. The van der Waals surface area contributed by atoms with Crippen LogP contribution in [0.2, 0.25) is 0 Å². The summed E-state index contributed by atoms with van der Waals surface area (Å²) >= 11 is 1.09. The largest absolute Gasteiger partial charge is 0.353 e. The van der Waals surface area contributed by atoms with E-state index in [9.17, 15) is 22.8 Å². The highest BCUT2D eigenvalue weighted by molar-refractivity contribution is 7.93. The molecular formula is C21H17N3O5S2. The van der Waals surface area contributed by atoms with Crippen LogP contribution in [0, 0.1) is 0 Å². The third-order valence-electron chi connectivity index (χ3n) is 4.87. The van der Waals surface area contributed by atoms with Crippen LogP contribution in [0.25, 0.3) is 0 Å². The fourth-order valence-corrected chi connectivity index (χ4v) is 6.18. The lowest BCUT2D eigenvalue weighted by atomic mass is 10.1. The second-order valence-corrected chi connectivity index (χ2v) is 10.1. The van der Waals surface area contributed by atoms with Gasteiger partial charge in [0.1, 0.15) is 16.0 Å². The van der Waals surface area contributed by atoms with Gasteiger partial charge in [-0.2, -0.15) is 0 Å². The number of imide groups is 1. The van der Waals surface area contributed by atoms with Gasteiger partial charge in [-0.15, -0.1) is 11.3 Å². The molecule has 0 spiro atoms. The minimum atomic E-state index is -3.78. The summed E-state index contributed by atoms with van der Waals surface area (Å²) in [5.41, 5.74) is 0.916. The molecule has 1 aliphatic heterocycles. The Bertz CT molecular complexity index is 1210. The van der Waals surface area contributed by atoms with E-state index in [1.807, 2.05) is 0 Å². The van der Waals surface area contributed by atoms with Gasteiger partial charge < -0.3 is 5.32 Å². The number of hydrogen-bond donors (Lipinski definition) is 1. The molecule has 1 unspecified atom stereocenters. The van der Waals surface area contributed by atoms with Gasteiger partial charge in [0.15, 0.2) is 9.84 Å². The van der Waals surface area contributed by atoms with Gasteiger partial charge in [0.25, 0.3) is 11.8 Å². The number of amides is 3. The molecule has 8 nitrogen and oxygen atoms in total. The Kier molecular flexibility index (Phi) is 5.66. The van der Waals surface area contributed by atoms with Crippen LogP contribution in [0.5, 0.6) is 0 Å². The normalized spacial score (nSPS) is 14.4. The van der Waals surface area contributed by atoms with Crippen molar-refractivity contribution in [3.63, 3.8) is 0 Å². The third-order valence-corrected chi connectivity index (χ3v) is 8.40. The molecule has 0 radical (unpaired) electrons. The van der Waals surface area contributed by atoms with Gasteiger partial charge in [0.2, 0.25) is 5.91 Å². The molecule has 3 aromatic rings. The van der Waals surface area contributed by atoms with Crippen molar-refractivity contribution in [1.29, 1.82) is 0 Å². The second-order valence-electron chi connectivity index (χ2n) is 6.80. The summed E-state index contributed by atoms with van der Waals surface area (Å²) in [5, 5.41) is 3.15. The number of hydrogen-bond acceptors (Lipinski definition) is 7. The Morgan fingerprint density at radius 2 is 1.74 bits per heavy atom. The number of carbonyl (C=O) groups excluding carboxylic acids is 3. The molecule has 3 amide bonds. The topological polar surface area (TPSA) is 114 Å². The molecule has 158 valence electrons. The summed E-state index contributed by atoms with van der Waals surface area (Å²) in [6.07, 6.45) is 2.96. The monoisotopic (exact) mass is 455 g/mol. The Balaban J connectivity index is 1.50. The first-order valence-corrected chi connectivity index (χ1v) is 11.7. The van der Waals surface area contributed by atoms with Gasteiger partial charge >= 0.3 is 0 Å². The van der Waals surface area contributed by atoms with Crippen LogP contribution in [0.3, 0.4) is 0 Å². The molecule has 1 atom stereocenters. The van der Waals surface area contributed by atoms with Crippen molar-refractivity contribution in [2.45, 2.75) is 9.46 Å². The van der Waals surface area contributed by atoms with Crippen molar-refractivity contribution in [1.82, 2.24) is 15.2 Å². The van der Waals surface area contributed by atoms with E-state index in [0.717, 1.165) is 16.2 Å². The quantitative estimate of drug-likeness (QED) is 0.546. The lowest BCUT2D eigenvalue weighted by molar-refractivity contribution is -0.121. The van der Waals surface area contributed by atoms with Gasteiger partial charge in [0.05, 0.1) is 11.1 Å². The molecule has 0 saturated carbocycles. The first-order chi connectivity index (χ1) is 14.9. The molecule has 31 heavy (non-hydrogen) atoms. The summed E-state index contributed by atoms with van der Waals surface area (Å²) in [5.74, 6) is -1.73. The molecule has 1 aliphatic rings. The number of thiophene rings is 1. The Morgan fingerprint density at radius 3 is 2.32 bits per heavy atom. The van der Waals surface area contributed by atoms with Gasteiger partial charge in [-0.05, 0) is 35.2 Å². The van der Waals surface area contributed by atoms with Crippen molar-refractivity contribution in [2.75, 3.05) is 13.1 Å². The van der Waals surface area contributed by atoms with Gasteiger partial charge in [-0.3, -0.25) is 24.3 Å². The van der Waals surface area contributed by atoms with E-state index in [1.54, 1.807) is 35.7 Å². The molecule has 2 aromatic heterocycles. The number of nitrogens with zero attached hydrogens (tertiary/aromatic N) is 2. The summed E-state index contributed by atoms with van der Waals surface area (Å²) in [6.45, 7) is -0.723. The van der Waals surface area contributed by atoms with Crippen LogP contribution in [0.15, 0.2) is 70.5 Å². The summed E-state index contributed by atoms with van der Waals surface area (Å²) in [4.78, 5) is 42.2. The van der Waals surface area contributed by atoms with Crippen LogP contribution >= 0.6 is 11.3 Å². The van der Waals surface area contributed by atoms with Crippen LogP contribution in [0.1, 0.15) is 31.5 Å². The third kappa shape index (κ3) is 3.99. The number of pyridine rings is 1. The molecule has 0 aliphatic carbocycles. The van der Waals surface area contributed by atoms with Crippen molar-refractivity contribution in [2.24, 2.45) is 0 Å². The van der Waals surface area contributed by atoms with Crippen LogP contribution in [0.4, 0.5) is 0 Å². The van der Waals surface area contributed by atoms with Gasteiger partial charge in [0, 0.05) is 18.9 Å². The highest BCUT2D eigenvalue weighted by Crippen LogP contribution is 2.30. The highest BCUT2D eigenvalue weighted by Gasteiger charge is 2.37. The molecule has 1 N–H and O–H groups in total. The molecule has 4 rings (SSSR count). The first-order valence-electron chi connectivity index (χ1n) is 9.29. The zero-order valence-corrected chi connectivity index (χ0v) is 17.7. The number of rotatable bonds is 7. The zero-order chi connectivity index (χ0) is 22.0. The van der Waals surface area contributed by atoms with Crippen molar-refractivity contribution in [3.8, 4) is 0 Å². The Morgan fingerprint density at radius 1 is 1.03 bits per heavy atom. The zero-order valence-electron chi connectivity index (χ0n) is 16.1. The number of nitrogens with one attached hydrogen (secondary N) is 1. The SMILES string of the molecule is O=C(CN1C(=O)c2ccccc2C1=O)NCC(c1cccnc1)S(=O)(=O)c1cccs1. The fourth-order valence-electron chi connectivity index (χ4n) is 3.33. The van der Waals surface area contributed by atoms with E-state index in [1.165, 1.54) is 30.6 Å². The van der Waals surface area contributed by atoms with Crippen molar-refractivity contribution < 1.29 is 22.8 Å². The van der Waals surface area contributed by atoms with Crippen LogP contribution in [-0.2, 0) is 14.6 Å². The van der Waals surface area contributed by atoms with Crippen molar-refractivity contribution in [3.05, 3.63) is 83.0 Å². The molecule has 10 heteroatoms. The van der Waals surface area contributed by atoms with E-state index in [2.05, 4.69) is 10.3 Å². The number of carbonyl (C=O) groups is 3. The van der Waals surface area contributed by atoms with Crippen molar-refractivity contribution >= 4 is 38.9 Å². The Labute approximate surface area is 182 Å². The lowest BCUT2D eigenvalue weighted by Gasteiger charge is -2.19. The van der Waals surface area contributed by atoms with E-state index in [0.29, 0.717) is 5.56 Å². The number of benzene rings is 1. The summed E-state index contributed by atoms with van der Waals surface area (Å²) in [7, 11) is -3.78. The number of sulfone groups is 1. The molecule has 3 heterocycles. The van der Waals surface area contributed by atoms with E-state index in [-0.39, 0.29) is 21.9 Å². The molecular weight excluding hydrogens is 438 g/mol. The lowest BCUT2D eigenvalue weighted by Crippen LogP contribution is -2.42. The molecule has 0 saturated heterocycles. The van der Waals surface area contributed by atoms with Gasteiger partial charge in [-0.1, -0.05) is 24.3 Å². The molecule has 0 bridgehead atoms. The maximum absolute atomic E-state index is 13.1. The summed E-state index contributed by atoms with van der Waals surface area (Å²) in [6, 6.07) is 12.7. The van der Waals surface area contributed by atoms with E-state index in [4.69, 9.17) is 0 Å². The standard InChI is InChI=1S/C21H17N3O5S2/c25-18(13-24-20(26)15-6-1-2-7-16(15)21(24)27)23-12-17(14-5-3-9-22-11-14)31(28,29)19-8-4-10-30-19/h1-11,17H,12-13H2,(H,23,25). The van der Waals surface area contributed by atoms with Crippen LogP contribution < -0.4 is 5.32 Å². The second kappa shape index (κ2) is 8.40. The molecule has 0 fully saturated rings. The average Bonchev–Trinajstić information content (AvgIpc) is 3.40. The maximum atomic E-state index is 13.1. The van der Waals surface area contributed by atoms with E-state index >= 15 is 0 Å². The first kappa shape index (κ1) is 20.9. The average molecular weight is 456 g/mol. The predicted octanol–water partition coefficient (Wildman–Crippen LogP) is 2.07. The minimum absolute atomic E-state index is 0.177. The fraction of sp³-hybridized carbons (Fsp3) is 0.143. The van der Waals surface area contributed by atoms with E-state index < -0.39 is 39.4 Å². The summed E-state index contributed by atoms with van der Waals surface area (Å²) < 4.78 is 26.4.